The van der Waals surface area contributed by atoms with Gasteiger partial charge in [-0.3, -0.25) is 4.79 Å². The summed E-state index contributed by atoms with van der Waals surface area (Å²) in [6.07, 6.45) is 0.255. The van der Waals surface area contributed by atoms with Gasteiger partial charge >= 0.3 is 0 Å². The van der Waals surface area contributed by atoms with E-state index in [2.05, 4.69) is 38.2 Å². The Bertz CT molecular complexity index is 721. The van der Waals surface area contributed by atoms with Gasteiger partial charge in [0.2, 0.25) is 5.91 Å². The number of carbonyl (C=O) groups is 1. The lowest BCUT2D eigenvalue weighted by atomic mass is 9.87. The maximum Gasteiger partial charge on any atom is 0.227 e. The van der Waals surface area contributed by atoms with Gasteiger partial charge in [-0.25, -0.2) is 0 Å². The van der Waals surface area contributed by atoms with Crippen LogP contribution in [0.15, 0.2) is 42.5 Å². The minimum Gasteiger partial charge on any atom is -0.495 e. The summed E-state index contributed by atoms with van der Waals surface area (Å²) < 4.78 is 10.7. The summed E-state index contributed by atoms with van der Waals surface area (Å²) in [7, 11) is 1.55. The van der Waals surface area contributed by atoms with Crippen LogP contribution in [0.3, 0.4) is 0 Å². The van der Waals surface area contributed by atoms with Crippen molar-refractivity contribution >= 4 is 23.2 Å². The zero-order chi connectivity index (χ0) is 18.4. The highest BCUT2D eigenvalue weighted by Crippen LogP contribution is 2.27. The molecule has 2 aromatic carbocycles. The second-order valence-corrected chi connectivity index (χ2v) is 7.18. The molecule has 0 aliphatic rings. The van der Waals surface area contributed by atoms with Gasteiger partial charge in [0.25, 0.3) is 0 Å². The molecule has 134 valence electrons. The average molecular weight is 362 g/mol. The largest absolute Gasteiger partial charge is 0.495 e. The molecular formula is C20H24ClNO3. The van der Waals surface area contributed by atoms with E-state index in [4.69, 9.17) is 21.1 Å². The number of amides is 1. The summed E-state index contributed by atoms with van der Waals surface area (Å²) >= 11 is 6.04. The molecule has 1 amide bonds. The highest BCUT2D eigenvalue weighted by atomic mass is 35.5. The molecule has 0 aliphatic carbocycles. The van der Waals surface area contributed by atoms with E-state index in [1.54, 1.807) is 25.3 Å². The van der Waals surface area contributed by atoms with Crippen molar-refractivity contribution in [1.82, 2.24) is 0 Å². The molecule has 0 bridgehead atoms. The van der Waals surface area contributed by atoms with Gasteiger partial charge in [-0.05, 0) is 41.3 Å². The fourth-order valence-corrected chi connectivity index (χ4v) is 2.54. The van der Waals surface area contributed by atoms with E-state index in [1.807, 2.05) is 12.1 Å². The molecule has 2 aromatic rings. The Morgan fingerprint density at radius 3 is 2.36 bits per heavy atom. The molecule has 1 N–H and O–H groups in total. The maximum atomic E-state index is 12.0. The van der Waals surface area contributed by atoms with E-state index in [0.717, 1.165) is 5.75 Å². The summed E-state index contributed by atoms with van der Waals surface area (Å²) in [4.78, 5) is 12.0. The highest BCUT2D eigenvalue weighted by Gasteiger charge is 2.13. The molecule has 5 heteroatoms. The first kappa shape index (κ1) is 19.1. The molecule has 0 aliphatic heterocycles. The van der Waals surface area contributed by atoms with Crippen molar-refractivity contribution in [3.63, 3.8) is 0 Å². The number of ether oxygens (including phenoxy) is 2. The van der Waals surface area contributed by atoms with E-state index in [1.165, 1.54) is 5.56 Å². The third-order valence-electron chi connectivity index (χ3n) is 3.75. The molecule has 0 unspecified atom stereocenters. The van der Waals surface area contributed by atoms with Gasteiger partial charge in [-0.2, -0.15) is 0 Å². The van der Waals surface area contributed by atoms with Gasteiger partial charge in [0, 0.05) is 5.69 Å². The molecule has 0 fully saturated rings. The predicted octanol–water partition coefficient (Wildman–Crippen LogP) is 5.05. The van der Waals surface area contributed by atoms with Gasteiger partial charge < -0.3 is 14.8 Å². The Morgan fingerprint density at radius 1 is 1.12 bits per heavy atom. The number of hydrogen-bond acceptors (Lipinski definition) is 3. The molecule has 0 atom stereocenters. The van der Waals surface area contributed by atoms with Crippen molar-refractivity contribution in [1.29, 1.82) is 0 Å². The SMILES string of the molecule is COc1ccc(NC(=O)CCOc2ccc(C(C)(C)C)cc2)cc1Cl. The molecule has 2 rings (SSSR count). The number of carbonyl (C=O) groups excluding carboxylic acids is 1. The summed E-state index contributed by atoms with van der Waals surface area (Å²) in [6.45, 7) is 6.81. The highest BCUT2D eigenvalue weighted by molar-refractivity contribution is 6.32. The molecule has 0 saturated carbocycles. The maximum absolute atomic E-state index is 12.0. The van der Waals surface area contributed by atoms with E-state index < -0.39 is 0 Å². The molecule has 0 radical (unpaired) electrons. The molecule has 0 spiro atoms. The first-order valence-electron chi connectivity index (χ1n) is 8.16. The molecule has 0 saturated heterocycles. The van der Waals surface area contributed by atoms with Crippen molar-refractivity contribution in [2.24, 2.45) is 0 Å². The van der Waals surface area contributed by atoms with Crippen molar-refractivity contribution in [2.75, 3.05) is 19.0 Å². The standard InChI is InChI=1S/C20H24ClNO3/c1-20(2,3)14-5-8-16(9-6-14)25-12-11-19(23)22-15-7-10-18(24-4)17(21)13-15/h5-10,13H,11-12H2,1-4H3,(H,22,23). The lowest BCUT2D eigenvalue weighted by Gasteiger charge is -2.19. The third kappa shape index (κ3) is 5.68. The van der Waals surface area contributed by atoms with Crippen molar-refractivity contribution in [3.05, 3.63) is 53.1 Å². The van der Waals surface area contributed by atoms with Crippen LogP contribution in [-0.2, 0) is 10.2 Å². The van der Waals surface area contributed by atoms with Crippen molar-refractivity contribution in [3.8, 4) is 11.5 Å². The molecule has 0 aromatic heterocycles. The second kappa shape index (κ2) is 8.26. The number of halogens is 1. The van der Waals surface area contributed by atoms with Gasteiger partial charge in [0.1, 0.15) is 11.5 Å². The van der Waals surface area contributed by atoms with E-state index in [-0.39, 0.29) is 17.7 Å². The van der Waals surface area contributed by atoms with Crippen LogP contribution in [0.5, 0.6) is 11.5 Å². The second-order valence-electron chi connectivity index (χ2n) is 6.77. The number of benzene rings is 2. The van der Waals surface area contributed by atoms with Crippen LogP contribution in [-0.4, -0.2) is 19.6 Å². The Balaban J connectivity index is 1.81. The lowest BCUT2D eigenvalue weighted by Crippen LogP contribution is -2.15. The number of hydrogen-bond donors (Lipinski definition) is 1. The summed E-state index contributed by atoms with van der Waals surface area (Å²) in [5.74, 6) is 1.20. The molecule has 0 heterocycles. The van der Waals surface area contributed by atoms with Gasteiger partial charge in [-0.15, -0.1) is 0 Å². The van der Waals surface area contributed by atoms with E-state index in [0.29, 0.717) is 23.1 Å². The van der Waals surface area contributed by atoms with E-state index in [9.17, 15) is 4.79 Å². The third-order valence-corrected chi connectivity index (χ3v) is 4.05. The Morgan fingerprint density at radius 2 is 1.80 bits per heavy atom. The molecule has 25 heavy (non-hydrogen) atoms. The normalized spacial score (nSPS) is 11.1. The summed E-state index contributed by atoms with van der Waals surface area (Å²) in [5, 5.41) is 3.24. The lowest BCUT2D eigenvalue weighted by molar-refractivity contribution is -0.116. The fourth-order valence-electron chi connectivity index (χ4n) is 2.28. The molecular weight excluding hydrogens is 338 g/mol. The smallest absolute Gasteiger partial charge is 0.227 e. The van der Waals surface area contributed by atoms with Crippen LogP contribution in [0.2, 0.25) is 5.02 Å². The van der Waals surface area contributed by atoms with Gasteiger partial charge in [0.05, 0.1) is 25.2 Å². The van der Waals surface area contributed by atoms with Crippen LogP contribution in [0, 0.1) is 0 Å². The zero-order valence-electron chi connectivity index (χ0n) is 15.1. The number of rotatable bonds is 6. The Hall–Kier alpha value is -2.20. The average Bonchev–Trinajstić information content (AvgIpc) is 2.54. The summed E-state index contributed by atoms with van der Waals surface area (Å²) in [6, 6.07) is 13.1. The number of nitrogens with one attached hydrogen (secondary N) is 1. The van der Waals surface area contributed by atoms with Crippen LogP contribution in [0.4, 0.5) is 5.69 Å². The monoisotopic (exact) mass is 361 g/mol. The van der Waals surface area contributed by atoms with E-state index >= 15 is 0 Å². The first-order chi connectivity index (χ1) is 11.8. The van der Waals surface area contributed by atoms with Crippen LogP contribution >= 0.6 is 11.6 Å². The number of anilines is 1. The Labute approximate surface area is 154 Å². The first-order valence-corrected chi connectivity index (χ1v) is 8.54. The fraction of sp³-hybridized carbons (Fsp3) is 0.350. The minimum atomic E-state index is -0.132. The predicted molar refractivity (Wildman–Crippen MR) is 102 cm³/mol. The van der Waals surface area contributed by atoms with Crippen LogP contribution in [0.25, 0.3) is 0 Å². The van der Waals surface area contributed by atoms with Crippen LogP contribution < -0.4 is 14.8 Å². The molecule has 4 nitrogen and oxygen atoms in total. The van der Waals surface area contributed by atoms with Crippen molar-refractivity contribution in [2.45, 2.75) is 32.6 Å². The van der Waals surface area contributed by atoms with Crippen molar-refractivity contribution < 1.29 is 14.3 Å². The Kier molecular flexibility index (Phi) is 6.32. The van der Waals surface area contributed by atoms with Gasteiger partial charge in [0.15, 0.2) is 0 Å². The van der Waals surface area contributed by atoms with Crippen LogP contribution in [0.1, 0.15) is 32.8 Å². The van der Waals surface area contributed by atoms with Gasteiger partial charge in [-0.1, -0.05) is 44.5 Å². The summed E-state index contributed by atoms with van der Waals surface area (Å²) in [5.41, 5.74) is 1.98. The topological polar surface area (TPSA) is 47.6 Å². The number of methoxy groups -OCH3 is 1. The quantitative estimate of drug-likeness (QED) is 0.782. The zero-order valence-corrected chi connectivity index (χ0v) is 15.8. The minimum absolute atomic E-state index is 0.109.